The summed E-state index contributed by atoms with van der Waals surface area (Å²) in [6.07, 6.45) is 1.46. The van der Waals surface area contributed by atoms with Crippen LogP contribution in [0.1, 0.15) is 43.1 Å². The van der Waals surface area contributed by atoms with E-state index in [-0.39, 0.29) is 38.9 Å². The van der Waals surface area contributed by atoms with E-state index in [0.29, 0.717) is 27.8 Å². The van der Waals surface area contributed by atoms with Gasteiger partial charge in [0.2, 0.25) is 5.76 Å². The van der Waals surface area contributed by atoms with E-state index in [0.717, 1.165) is 11.3 Å². The Bertz CT molecular complexity index is 1900. The molecule has 0 saturated heterocycles. The summed E-state index contributed by atoms with van der Waals surface area (Å²) in [4.78, 5) is 46.7. The van der Waals surface area contributed by atoms with Crippen molar-refractivity contribution in [2.75, 3.05) is 11.5 Å². The van der Waals surface area contributed by atoms with Crippen LogP contribution in [-0.4, -0.2) is 23.5 Å². The zero-order chi connectivity index (χ0) is 28.7. The summed E-state index contributed by atoms with van der Waals surface area (Å²) in [7, 11) is 0. The number of aromatic nitrogens is 1. The minimum absolute atomic E-state index is 0.0317. The maximum absolute atomic E-state index is 14.0. The number of aryl methyl sites for hydroxylation is 1. The molecule has 2 aromatic heterocycles. The number of amides is 1. The van der Waals surface area contributed by atoms with Gasteiger partial charge in [-0.1, -0.05) is 65.9 Å². The van der Waals surface area contributed by atoms with Crippen LogP contribution in [0.3, 0.4) is 0 Å². The first kappa shape index (κ1) is 26.5. The zero-order valence-electron chi connectivity index (χ0n) is 21.6. The number of carbonyl (C=O) groups excluding carboxylic acids is 2. The number of halogens is 1. The molecular formula is C31H21ClN2O6S. The molecule has 5 aromatic rings. The number of hydrogen-bond donors (Lipinski definition) is 0. The zero-order valence-corrected chi connectivity index (χ0v) is 23.2. The Balaban J connectivity index is 1.52. The molecule has 0 saturated carbocycles. The van der Waals surface area contributed by atoms with Gasteiger partial charge >= 0.3 is 5.97 Å². The maximum Gasteiger partial charge on any atom is 0.350 e. The van der Waals surface area contributed by atoms with Crippen LogP contribution in [0.15, 0.2) is 94.7 Å². The minimum atomic E-state index is -0.918. The van der Waals surface area contributed by atoms with E-state index < -0.39 is 23.3 Å². The summed E-state index contributed by atoms with van der Waals surface area (Å²) in [5.74, 6) is -0.116. The largest absolute Gasteiger partial charge is 0.457 e. The highest BCUT2D eigenvalue weighted by Gasteiger charge is 2.45. The van der Waals surface area contributed by atoms with Crippen molar-refractivity contribution in [2.45, 2.75) is 13.0 Å². The number of hydrogen-bond acceptors (Lipinski definition) is 8. The minimum Gasteiger partial charge on any atom is -0.457 e. The topological polar surface area (TPSA) is 98.9 Å². The highest BCUT2D eigenvalue weighted by molar-refractivity contribution is 7.17. The number of para-hydroxylation sites is 1. The summed E-state index contributed by atoms with van der Waals surface area (Å²) < 4.78 is 17.3. The molecule has 41 heavy (non-hydrogen) atoms. The molecule has 3 aromatic carbocycles. The molecule has 1 unspecified atom stereocenters. The molecule has 8 nitrogen and oxygen atoms in total. The summed E-state index contributed by atoms with van der Waals surface area (Å²) in [6.45, 7) is 5.25. The van der Waals surface area contributed by atoms with Gasteiger partial charge in [0.05, 0.1) is 22.7 Å². The Morgan fingerprint density at radius 3 is 2.66 bits per heavy atom. The quantitative estimate of drug-likeness (QED) is 0.149. The standard InChI is InChI=1S/C31H21ClN2O6S/c1-3-14-38-30(37)28-17(2)33-31(41-28)34-25(18-8-7-11-21(15-18)39-20-9-5-4-6-10-20)24-26(35)22-16-19(32)12-13-23(22)40-27(24)29(34)36/h3-13,15-16,25H,1,14H2,2H3. The Morgan fingerprint density at radius 1 is 1.10 bits per heavy atom. The van der Waals surface area contributed by atoms with Crippen molar-refractivity contribution in [2.24, 2.45) is 0 Å². The second-order valence-electron chi connectivity index (χ2n) is 9.18. The van der Waals surface area contributed by atoms with Gasteiger partial charge in [-0.05, 0) is 55.0 Å². The number of thiazole rings is 1. The lowest BCUT2D eigenvalue weighted by Gasteiger charge is -2.23. The van der Waals surface area contributed by atoms with E-state index in [9.17, 15) is 14.4 Å². The summed E-state index contributed by atoms with van der Waals surface area (Å²) >= 11 is 7.20. The van der Waals surface area contributed by atoms with Gasteiger partial charge in [-0.3, -0.25) is 14.5 Å². The first-order valence-electron chi connectivity index (χ1n) is 12.5. The predicted octanol–water partition coefficient (Wildman–Crippen LogP) is 7.10. The number of carbonyl (C=O) groups is 2. The van der Waals surface area contributed by atoms with Crippen molar-refractivity contribution in [3.8, 4) is 11.5 Å². The number of rotatable bonds is 7. The van der Waals surface area contributed by atoms with Gasteiger partial charge in [-0.25, -0.2) is 9.78 Å². The number of benzene rings is 3. The Hall–Kier alpha value is -4.73. The average molecular weight is 585 g/mol. The molecule has 3 heterocycles. The van der Waals surface area contributed by atoms with Crippen molar-refractivity contribution in [1.29, 1.82) is 0 Å². The summed E-state index contributed by atoms with van der Waals surface area (Å²) in [6, 6.07) is 20.1. The van der Waals surface area contributed by atoms with Gasteiger partial charge < -0.3 is 13.9 Å². The van der Waals surface area contributed by atoms with Gasteiger partial charge in [-0.2, -0.15) is 0 Å². The molecule has 0 spiro atoms. The molecule has 0 radical (unpaired) electrons. The van der Waals surface area contributed by atoms with Crippen molar-refractivity contribution < 1.29 is 23.5 Å². The second kappa shape index (κ2) is 10.7. The molecule has 6 rings (SSSR count). The first-order valence-corrected chi connectivity index (χ1v) is 13.7. The summed E-state index contributed by atoms with van der Waals surface area (Å²) in [5, 5.41) is 0.820. The molecule has 0 aliphatic carbocycles. The molecule has 10 heteroatoms. The number of nitrogens with zero attached hydrogens (tertiary/aromatic N) is 2. The van der Waals surface area contributed by atoms with Gasteiger partial charge in [0.1, 0.15) is 28.6 Å². The van der Waals surface area contributed by atoms with Crippen molar-refractivity contribution in [3.05, 3.63) is 128 Å². The normalized spacial score (nSPS) is 14.2. The van der Waals surface area contributed by atoms with E-state index in [1.165, 1.54) is 17.0 Å². The Kier molecular flexibility index (Phi) is 6.90. The van der Waals surface area contributed by atoms with Crippen LogP contribution in [0.2, 0.25) is 5.02 Å². The van der Waals surface area contributed by atoms with Crippen molar-refractivity contribution in [1.82, 2.24) is 4.98 Å². The first-order chi connectivity index (χ1) is 19.9. The summed E-state index contributed by atoms with van der Waals surface area (Å²) in [5.41, 5.74) is 0.960. The number of esters is 1. The third-order valence-electron chi connectivity index (χ3n) is 6.49. The van der Waals surface area contributed by atoms with Crippen molar-refractivity contribution >= 4 is 50.9 Å². The maximum atomic E-state index is 14.0. The highest BCUT2D eigenvalue weighted by Crippen LogP contribution is 2.44. The highest BCUT2D eigenvalue weighted by atomic mass is 35.5. The number of ether oxygens (including phenoxy) is 2. The Labute approximate surface area is 243 Å². The van der Waals surface area contributed by atoms with Crippen LogP contribution < -0.4 is 15.1 Å². The van der Waals surface area contributed by atoms with Crippen LogP contribution in [-0.2, 0) is 4.74 Å². The van der Waals surface area contributed by atoms with Gasteiger partial charge in [-0.15, -0.1) is 0 Å². The molecule has 1 aliphatic rings. The predicted molar refractivity (Wildman–Crippen MR) is 156 cm³/mol. The molecule has 0 bridgehead atoms. The van der Waals surface area contributed by atoms with E-state index >= 15 is 0 Å². The fraction of sp³-hybridized carbons (Fsp3) is 0.0968. The van der Waals surface area contributed by atoms with Crippen molar-refractivity contribution in [3.63, 3.8) is 0 Å². The third kappa shape index (κ3) is 4.79. The Morgan fingerprint density at radius 2 is 1.88 bits per heavy atom. The lowest BCUT2D eigenvalue weighted by Crippen LogP contribution is -2.29. The van der Waals surface area contributed by atoms with E-state index in [1.54, 1.807) is 43.3 Å². The smallest absolute Gasteiger partial charge is 0.350 e. The van der Waals surface area contributed by atoms with Gasteiger partial charge in [0, 0.05) is 5.02 Å². The van der Waals surface area contributed by atoms with E-state index in [2.05, 4.69) is 11.6 Å². The monoisotopic (exact) mass is 584 g/mol. The lowest BCUT2D eigenvalue weighted by atomic mass is 9.98. The average Bonchev–Trinajstić information content (AvgIpc) is 3.50. The fourth-order valence-corrected chi connectivity index (χ4v) is 5.86. The van der Waals surface area contributed by atoms with Gasteiger partial charge in [0.15, 0.2) is 10.6 Å². The fourth-order valence-electron chi connectivity index (χ4n) is 4.71. The molecular weight excluding hydrogens is 564 g/mol. The van der Waals surface area contributed by atoms with Crippen LogP contribution in [0, 0.1) is 6.92 Å². The molecule has 204 valence electrons. The molecule has 0 N–H and O–H groups in total. The van der Waals surface area contributed by atoms with E-state index in [1.807, 2.05) is 30.3 Å². The van der Waals surface area contributed by atoms with Crippen LogP contribution in [0.4, 0.5) is 5.13 Å². The molecule has 1 atom stereocenters. The number of fused-ring (bicyclic) bond motifs is 2. The second-order valence-corrected chi connectivity index (χ2v) is 10.6. The molecule has 1 amide bonds. The number of anilines is 1. The molecule has 1 aliphatic heterocycles. The SMILES string of the molecule is C=CCOC(=O)c1sc(N2C(=O)c3oc4ccc(Cl)cc4c(=O)c3C2c2cccc(Oc3ccccc3)c2)nc1C. The van der Waals surface area contributed by atoms with Crippen LogP contribution >= 0.6 is 22.9 Å². The lowest BCUT2D eigenvalue weighted by molar-refractivity contribution is 0.0554. The van der Waals surface area contributed by atoms with Crippen LogP contribution in [0.25, 0.3) is 11.0 Å². The van der Waals surface area contributed by atoms with Crippen LogP contribution in [0.5, 0.6) is 11.5 Å². The molecule has 0 fully saturated rings. The van der Waals surface area contributed by atoms with E-state index in [4.69, 9.17) is 25.5 Å². The third-order valence-corrected chi connectivity index (χ3v) is 7.87. The van der Waals surface area contributed by atoms with Gasteiger partial charge in [0.25, 0.3) is 5.91 Å².